The summed E-state index contributed by atoms with van der Waals surface area (Å²) in [6.45, 7) is 4.69. The van der Waals surface area contributed by atoms with Gasteiger partial charge in [0.25, 0.3) is 11.8 Å². The predicted molar refractivity (Wildman–Crippen MR) is 105 cm³/mol. The maximum Gasteiger partial charge on any atom is 0.258 e. The topological polar surface area (TPSA) is 49.4 Å². The number of halogens is 1. The van der Waals surface area contributed by atoms with Crippen molar-refractivity contribution < 1.29 is 9.59 Å². The highest BCUT2D eigenvalue weighted by Gasteiger charge is 2.24. The van der Waals surface area contributed by atoms with Crippen molar-refractivity contribution in [1.82, 2.24) is 5.32 Å². The predicted octanol–water partition coefficient (Wildman–Crippen LogP) is 4.46. The lowest BCUT2D eigenvalue weighted by atomic mass is 9.98. The molecule has 5 heteroatoms. The van der Waals surface area contributed by atoms with E-state index in [2.05, 4.69) is 5.32 Å². The fourth-order valence-electron chi connectivity index (χ4n) is 3.14. The number of benzene rings is 2. The number of amides is 2. The first-order valence-corrected chi connectivity index (χ1v) is 9.38. The van der Waals surface area contributed by atoms with Gasteiger partial charge >= 0.3 is 0 Å². The number of carbonyl (C=O) groups excluding carboxylic acids is 2. The molecular weight excluding hydrogens is 348 g/mol. The molecule has 4 nitrogen and oxygen atoms in total. The van der Waals surface area contributed by atoms with Crippen molar-refractivity contribution in [3.63, 3.8) is 0 Å². The van der Waals surface area contributed by atoms with Gasteiger partial charge in [-0.1, -0.05) is 24.6 Å². The molecule has 1 aliphatic heterocycles. The Bertz CT molecular complexity index is 835. The molecule has 2 aromatic carbocycles. The van der Waals surface area contributed by atoms with Gasteiger partial charge in [0.1, 0.15) is 0 Å². The van der Waals surface area contributed by atoms with Crippen LogP contribution >= 0.6 is 11.6 Å². The molecular formula is C21H23ClN2O2. The highest BCUT2D eigenvalue weighted by Crippen LogP contribution is 2.30. The Morgan fingerprint density at radius 3 is 2.73 bits per heavy atom. The van der Waals surface area contributed by atoms with Crippen molar-refractivity contribution in [2.24, 2.45) is 0 Å². The molecule has 0 saturated carbocycles. The van der Waals surface area contributed by atoms with Crippen molar-refractivity contribution in [3.05, 3.63) is 64.2 Å². The largest absolute Gasteiger partial charge is 0.350 e. The number of rotatable bonds is 4. The Kier molecular flexibility index (Phi) is 5.62. The van der Waals surface area contributed by atoms with Crippen LogP contribution in [0.15, 0.2) is 42.5 Å². The summed E-state index contributed by atoms with van der Waals surface area (Å²) >= 11 is 6.02. The standard InChI is InChI=1S/C21H23ClN2O2/c1-3-14(2)23-20(25)16-9-10-19-15(12-16)7-5-11-24(19)21(26)17-6-4-8-18(22)13-17/h4,6,8-10,12-14H,3,5,7,11H2,1-2H3,(H,23,25)/t14-/m0/s1. The number of hydrogen-bond acceptors (Lipinski definition) is 2. The summed E-state index contributed by atoms with van der Waals surface area (Å²) in [5.74, 6) is -0.134. The zero-order chi connectivity index (χ0) is 18.7. The molecule has 136 valence electrons. The van der Waals surface area contributed by atoms with Crippen LogP contribution in [0.4, 0.5) is 5.69 Å². The third-order valence-electron chi connectivity index (χ3n) is 4.77. The van der Waals surface area contributed by atoms with E-state index in [1.54, 1.807) is 35.2 Å². The van der Waals surface area contributed by atoms with Crippen molar-refractivity contribution in [1.29, 1.82) is 0 Å². The second-order valence-corrected chi connectivity index (χ2v) is 7.13. The first-order chi connectivity index (χ1) is 12.5. The average Bonchev–Trinajstić information content (AvgIpc) is 2.66. The average molecular weight is 371 g/mol. The fraction of sp³-hybridized carbons (Fsp3) is 0.333. The summed E-state index contributed by atoms with van der Waals surface area (Å²) in [7, 11) is 0. The van der Waals surface area contributed by atoms with Crippen molar-refractivity contribution in [2.75, 3.05) is 11.4 Å². The first-order valence-electron chi connectivity index (χ1n) is 9.01. The Hall–Kier alpha value is -2.33. The Morgan fingerprint density at radius 1 is 1.19 bits per heavy atom. The molecule has 0 aliphatic carbocycles. The van der Waals surface area contributed by atoms with Gasteiger partial charge in [-0.05, 0) is 68.1 Å². The van der Waals surface area contributed by atoms with Crippen LogP contribution in [0.25, 0.3) is 0 Å². The van der Waals surface area contributed by atoms with Crippen molar-refractivity contribution >= 4 is 29.1 Å². The van der Waals surface area contributed by atoms with E-state index in [1.165, 1.54) is 0 Å². The third-order valence-corrected chi connectivity index (χ3v) is 5.00. The van der Waals surface area contributed by atoms with Gasteiger partial charge in [-0.25, -0.2) is 0 Å². The lowest BCUT2D eigenvalue weighted by Gasteiger charge is -2.30. The van der Waals surface area contributed by atoms with Crippen molar-refractivity contribution in [2.45, 2.75) is 39.2 Å². The molecule has 0 radical (unpaired) electrons. The number of nitrogens with zero attached hydrogens (tertiary/aromatic N) is 1. The van der Waals surface area contributed by atoms with Crippen molar-refractivity contribution in [3.8, 4) is 0 Å². The van der Waals surface area contributed by atoms with Gasteiger partial charge in [-0.2, -0.15) is 0 Å². The van der Waals surface area contributed by atoms with Crippen LogP contribution in [0, 0.1) is 0 Å². The number of aryl methyl sites for hydroxylation is 1. The molecule has 0 spiro atoms. The molecule has 26 heavy (non-hydrogen) atoms. The molecule has 2 aromatic rings. The second-order valence-electron chi connectivity index (χ2n) is 6.70. The number of fused-ring (bicyclic) bond motifs is 1. The molecule has 1 heterocycles. The minimum Gasteiger partial charge on any atom is -0.350 e. The number of hydrogen-bond donors (Lipinski definition) is 1. The van der Waals surface area contributed by atoms with E-state index < -0.39 is 0 Å². The highest BCUT2D eigenvalue weighted by molar-refractivity contribution is 6.31. The van der Waals surface area contributed by atoms with E-state index in [1.807, 2.05) is 26.0 Å². The zero-order valence-corrected chi connectivity index (χ0v) is 15.8. The highest BCUT2D eigenvalue weighted by atomic mass is 35.5. The molecule has 0 unspecified atom stereocenters. The normalized spacial score (nSPS) is 14.5. The maximum atomic E-state index is 12.9. The molecule has 0 fully saturated rings. The zero-order valence-electron chi connectivity index (χ0n) is 15.1. The van der Waals surface area contributed by atoms with Gasteiger partial charge in [-0.3, -0.25) is 9.59 Å². The second kappa shape index (κ2) is 7.92. The van der Waals surface area contributed by atoms with Crippen LogP contribution < -0.4 is 10.2 Å². The molecule has 0 aromatic heterocycles. The summed E-state index contributed by atoms with van der Waals surface area (Å²) < 4.78 is 0. The minimum atomic E-state index is -0.0690. The van der Waals surface area contributed by atoms with Gasteiger partial charge in [0.15, 0.2) is 0 Å². The van der Waals surface area contributed by atoms with E-state index in [0.717, 1.165) is 30.5 Å². The minimum absolute atomic E-state index is 0.0646. The number of anilines is 1. The molecule has 1 aliphatic rings. The van der Waals surface area contributed by atoms with Crippen LogP contribution in [-0.4, -0.2) is 24.4 Å². The van der Waals surface area contributed by atoms with E-state index in [4.69, 9.17) is 11.6 Å². The Labute approximate surface area is 159 Å². The van der Waals surface area contributed by atoms with E-state index in [-0.39, 0.29) is 17.9 Å². The SMILES string of the molecule is CC[C@H](C)NC(=O)c1ccc2c(c1)CCCN2C(=O)c1cccc(Cl)c1. The lowest BCUT2D eigenvalue weighted by Crippen LogP contribution is -2.36. The smallest absolute Gasteiger partial charge is 0.258 e. The molecule has 3 rings (SSSR count). The van der Waals surface area contributed by atoms with E-state index in [0.29, 0.717) is 22.7 Å². The fourth-order valence-corrected chi connectivity index (χ4v) is 3.33. The van der Waals surface area contributed by atoms with Gasteiger partial charge in [0.2, 0.25) is 0 Å². The summed E-state index contributed by atoms with van der Waals surface area (Å²) in [5, 5.41) is 3.53. The van der Waals surface area contributed by atoms with E-state index in [9.17, 15) is 9.59 Å². The molecule has 2 amide bonds. The molecule has 0 bridgehead atoms. The number of carbonyl (C=O) groups is 2. The van der Waals surface area contributed by atoms with Crippen LogP contribution in [0.1, 0.15) is 53.0 Å². The molecule has 0 saturated heterocycles. The van der Waals surface area contributed by atoms with Gasteiger partial charge in [-0.15, -0.1) is 0 Å². The summed E-state index contributed by atoms with van der Waals surface area (Å²) in [6.07, 6.45) is 2.62. The Morgan fingerprint density at radius 2 is 2.00 bits per heavy atom. The van der Waals surface area contributed by atoms with Gasteiger partial charge < -0.3 is 10.2 Å². The quantitative estimate of drug-likeness (QED) is 0.863. The number of nitrogens with one attached hydrogen (secondary N) is 1. The van der Waals surface area contributed by atoms with E-state index >= 15 is 0 Å². The van der Waals surface area contributed by atoms with Crippen LogP contribution in [0.3, 0.4) is 0 Å². The van der Waals surface area contributed by atoms with Gasteiger partial charge in [0.05, 0.1) is 0 Å². The third kappa shape index (κ3) is 3.91. The lowest BCUT2D eigenvalue weighted by molar-refractivity contribution is 0.0938. The van der Waals surface area contributed by atoms with Crippen LogP contribution in [0.5, 0.6) is 0 Å². The maximum absolute atomic E-state index is 12.9. The van der Waals surface area contributed by atoms with Crippen LogP contribution in [-0.2, 0) is 6.42 Å². The molecule has 1 atom stereocenters. The summed E-state index contributed by atoms with van der Waals surface area (Å²) in [6, 6.07) is 12.7. The monoisotopic (exact) mass is 370 g/mol. The first kappa shape index (κ1) is 18.5. The Balaban J connectivity index is 1.86. The van der Waals surface area contributed by atoms with Gasteiger partial charge in [0, 0.05) is 34.4 Å². The molecule has 1 N–H and O–H groups in total. The summed E-state index contributed by atoms with van der Waals surface area (Å²) in [5.41, 5.74) is 3.12. The summed E-state index contributed by atoms with van der Waals surface area (Å²) in [4.78, 5) is 27.1. The van der Waals surface area contributed by atoms with Crippen LogP contribution in [0.2, 0.25) is 5.02 Å².